The molecule has 1 aliphatic heterocycles. The molecule has 0 radical (unpaired) electrons. The highest BCUT2D eigenvalue weighted by Crippen LogP contribution is 2.32. The Hall–Kier alpha value is -5.12. The van der Waals surface area contributed by atoms with Crippen molar-refractivity contribution < 1.29 is 19.1 Å². The fraction of sp³-hybridized carbons (Fsp3) is 0.226. The minimum absolute atomic E-state index is 0.120. The van der Waals surface area contributed by atoms with E-state index in [1.165, 1.54) is 22.8 Å². The molecule has 1 aliphatic rings. The number of benzene rings is 3. The van der Waals surface area contributed by atoms with Crippen LogP contribution in [-0.4, -0.2) is 27.7 Å². The lowest BCUT2D eigenvalue weighted by Gasteiger charge is -2.15. The van der Waals surface area contributed by atoms with Gasteiger partial charge in [-0.25, -0.2) is 4.79 Å². The first-order chi connectivity index (χ1) is 19.9. The molecule has 0 bridgehead atoms. The van der Waals surface area contributed by atoms with Crippen molar-refractivity contribution in [3.63, 3.8) is 0 Å². The van der Waals surface area contributed by atoms with Crippen LogP contribution in [0.5, 0.6) is 11.5 Å². The van der Waals surface area contributed by atoms with Crippen molar-refractivity contribution in [3.05, 3.63) is 111 Å². The van der Waals surface area contributed by atoms with Gasteiger partial charge in [-0.05, 0) is 66.4 Å². The molecular formula is C31H30N4O6. The van der Waals surface area contributed by atoms with Crippen molar-refractivity contribution >= 4 is 28.4 Å². The molecule has 41 heavy (non-hydrogen) atoms. The van der Waals surface area contributed by atoms with E-state index in [1.54, 1.807) is 30.3 Å². The highest BCUT2D eigenvalue weighted by Gasteiger charge is 2.18. The van der Waals surface area contributed by atoms with E-state index in [0.717, 1.165) is 22.1 Å². The predicted molar refractivity (Wildman–Crippen MR) is 155 cm³/mol. The number of nitrogens with zero attached hydrogens (tertiary/aromatic N) is 2. The number of allylic oxidation sites excluding steroid dienone is 1. The maximum atomic E-state index is 13.5. The molecular weight excluding hydrogens is 524 g/mol. The maximum Gasteiger partial charge on any atom is 0.331 e. The van der Waals surface area contributed by atoms with Crippen LogP contribution in [0.4, 0.5) is 5.69 Å². The first-order valence-electron chi connectivity index (χ1n) is 13.3. The van der Waals surface area contributed by atoms with E-state index < -0.39 is 23.1 Å². The number of nitrogens with one attached hydrogen (secondary N) is 2. The zero-order valence-corrected chi connectivity index (χ0v) is 22.6. The molecule has 5 rings (SSSR count). The van der Waals surface area contributed by atoms with Crippen molar-refractivity contribution in [3.8, 4) is 11.5 Å². The van der Waals surface area contributed by atoms with Gasteiger partial charge in [0.25, 0.3) is 11.5 Å². The lowest BCUT2D eigenvalue weighted by molar-refractivity contribution is -0.116. The van der Waals surface area contributed by atoms with Crippen LogP contribution in [0.3, 0.4) is 0 Å². The summed E-state index contributed by atoms with van der Waals surface area (Å²) in [7, 11) is 0. The molecule has 0 atom stereocenters. The van der Waals surface area contributed by atoms with Crippen LogP contribution in [0.25, 0.3) is 10.9 Å². The van der Waals surface area contributed by atoms with Gasteiger partial charge in [0.2, 0.25) is 12.7 Å². The molecule has 0 saturated carbocycles. The van der Waals surface area contributed by atoms with Gasteiger partial charge in [-0.2, -0.15) is 0 Å². The van der Waals surface area contributed by atoms with Crippen molar-refractivity contribution in [2.24, 2.45) is 0 Å². The second-order valence-electron chi connectivity index (χ2n) is 9.60. The smallest absolute Gasteiger partial charge is 0.331 e. The number of carbonyl (C=O) groups is 2. The highest BCUT2D eigenvalue weighted by molar-refractivity contribution is 5.98. The van der Waals surface area contributed by atoms with Gasteiger partial charge in [0.1, 0.15) is 6.54 Å². The molecule has 0 saturated heterocycles. The monoisotopic (exact) mass is 554 g/mol. The summed E-state index contributed by atoms with van der Waals surface area (Å²) in [4.78, 5) is 52.8. The fourth-order valence-electron chi connectivity index (χ4n) is 4.63. The molecule has 1 aromatic heterocycles. The average molecular weight is 555 g/mol. The highest BCUT2D eigenvalue weighted by atomic mass is 16.7. The van der Waals surface area contributed by atoms with E-state index >= 15 is 0 Å². The second kappa shape index (κ2) is 12.0. The van der Waals surface area contributed by atoms with Crippen LogP contribution in [0, 0.1) is 0 Å². The van der Waals surface area contributed by atoms with Crippen LogP contribution in [0.1, 0.15) is 34.8 Å². The third kappa shape index (κ3) is 5.91. The van der Waals surface area contributed by atoms with Gasteiger partial charge in [0.05, 0.1) is 10.9 Å². The zero-order valence-electron chi connectivity index (χ0n) is 22.6. The number of carbonyl (C=O) groups excluding carboxylic acids is 2. The van der Waals surface area contributed by atoms with E-state index in [1.807, 2.05) is 25.1 Å². The van der Waals surface area contributed by atoms with Crippen molar-refractivity contribution in [1.29, 1.82) is 0 Å². The summed E-state index contributed by atoms with van der Waals surface area (Å²) >= 11 is 0. The van der Waals surface area contributed by atoms with E-state index in [0.29, 0.717) is 23.6 Å². The Morgan fingerprint density at radius 1 is 0.951 bits per heavy atom. The lowest BCUT2D eigenvalue weighted by atomic mass is 10.1. The van der Waals surface area contributed by atoms with Gasteiger partial charge in [-0.15, -0.1) is 6.58 Å². The zero-order chi connectivity index (χ0) is 28.9. The van der Waals surface area contributed by atoms with Crippen LogP contribution < -0.4 is 31.4 Å². The molecule has 10 nitrogen and oxygen atoms in total. The minimum atomic E-state index is -0.640. The van der Waals surface area contributed by atoms with Crippen LogP contribution >= 0.6 is 0 Å². The van der Waals surface area contributed by atoms with E-state index in [-0.39, 0.29) is 42.9 Å². The number of fused-ring (bicyclic) bond motifs is 2. The first kappa shape index (κ1) is 27.4. The van der Waals surface area contributed by atoms with Crippen molar-refractivity contribution in [2.75, 3.05) is 12.1 Å². The Bertz CT molecular complexity index is 1750. The molecule has 4 aromatic rings. The summed E-state index contributed by atoms with van der Waals surface area (Å²) in [5.41, 5.74) is 1.84. The molecule has 210 valence electrons. The number of amides is 2. The van der Waals surface area contributed by atoms with Gasteiger partial charge in [0, 0.05) is 24.3 Å². The summed E-state index contributed by atoms with van der Waals surface area (Å²) in [6.07, 6.45) is 2.88. The molecule has 0 fully saturated rings. The number of anilines is 1. The largest absolute Gasteiger partial charge is 0.454 e. The van der Waals surface area contributed by atoms with Crippen molar-refractivity contribution in [1.82, 2.24) is 14.5 Å². The average Bonchev–Trinajstić information content (AvgIpc) is 3.46. The summed E-state index contributed by atoms with van der Waals surface area (Å²) in [6, 6.07) is 17.3. The van der Waals surface area contributed by atoms with Gasteiger partial charge >= 0.3 is 5.69 Å². The first-order valence-corrected chi connectivity index (χ1v) is 13.3. The van der Waals surface area contributed by atoms with Gasteiger partial charge < -0.3 is 20.1 Å². The summed E-state index contributed by atoms with van der Waals surface area (Å²) in [6.45, 7) is 5.86. The molecule has 3 aromatic carbocycles. The van der Waals surface area contributed by atoms with Crippen LogP contribution in [0.15, 0.2) is 82.9 Å². The summed E-state index contributed by atoms with van der Waals surface area (Å²) in [5, 5.41) is 5.87. The van der Waals surface area contributed by atoms with E-state index in [2.05, 4.69) is 17.2 Å². The molecule has 0 spiro atoms. The lowest BCUT2D eigenvalue weighted by Crippen LogP contribution is -2.42. The van der Waals surface area contributed by atoms with E-state index in [4.69, 9.17) is 9.47 Å². The predicted octanol–water partition coefficient (Wildman–Crippen LogP) is 3.60. The molecule has 10 heteroatoms. The SMILES string of the molecule is C=CCCn1c(=O)c2ccc(C(=O)NCc3ccc4c(c3)OCO4)cc2n(CC(=O)Nc2ccc(CC)cc2)c1=O. The van der Waals surface area contributed by atoms with Gasteiger partial charge in [-0.3, -0.25) is 23.5 Å². The topological polar surface area (TPSA) is 121 Å². The normalized spacial score (nSPS) is 11.8. The second-order valence-corrected chi connectivity index (χ2v) is 9.60. The van der Waals surface area contributed by atoms with E-state index in [9.17, 15) is 19.2 Å². The summed E-state index contributed by atoms with van der Waals surface area (Å²) < 4.78 is 13.0. The number of hydrogen-bond acceptors (Lipinski definition) is 6. The Balaban J connectivity index is 1.44. The number of rotatable bonds is 10. The third-order valence-electron chi connectivity index (χ3n) is 6.88. The van der Waals surface area contributed by atoms with Crippen LogP contribution in [0.2, 0.25) is 0 Å². The number of aryl methyl sites for hydroxylation is 1. The number of aromatic nitrogens is 2. The van der Waals surface area contributed by atoms with Crippen molar-refractivity contribution in [2.45, 2.75) is 39.4 Å². The molecule has 2 N–H and O–H groups in total. The third-order valence-corrected chi connectivity index (χ3v) is 6.88. The fourth-order valence-corrected chi connectivity index (χ4v) is 4.63. The standard InChI is InChI=1S/C31H30N4O6/c1-3-5-14-34-30(38)24-12-9-22(29(37)32-17-21-8-13-26-27(15-21)41-19-40-26)16-25(24)35(31(34)39)18-28(36)33-23-10-6-20(4-2)7-11-23/h3,6-13,15-16H,1,4-5,14,17-19H2,2H3,(H,32,37)(H,33,36). The number of hydrogen-bond donors (Lipinski definition) is 2. The Morgan fingerprint density at radius 3 is 2.46 bits per heavy atom. The Morgan fingerprint density at radius 2 is 1.71 bits per heavy atom. The van der Waals surface area contributed by atoms with Gasteiger partial charge in [0.15, 0.2) is 11.5 Å². The Labute approximate surface area is 235 Å². The quantitative estimate of drug-likeness (QED) is 0.289. The Kier molecular flexibility index (Phi) is 8.00. The number of ether oxygens (including phenoxy) is 2. The van der Waals surface area contributed by atoms with Crippen LogP contribution in [-0.2, 0) is 30.8 Å². The van der Waals surface area contributed by atoms with Gasteiger partial charge in [-0.1, -0.05) is 31.2 Å². The minimum Gasteiger partial charge on any atom is -0.454 e. The maximum absolute atomic E-state index is 13.5. The molecule has 0 unspecified atom stereocenters. The summed E-state index contributed by atoms with van der Waals surface area (Å²) in [5.74, 6) is 0.413. The molecule has 0 aliphatic carbocycles. The molecule has 2 heterocycles. The molecule has 2 amide bonds.